The van der Waals surface area contributed by atoms with Crippen LogP contribution in [0.3, 0.4) is 0 Å². The summed E-state index contributed by atoms with van der Waals surface area (Å²) in [4.78, 5) is 2.54. The second-order valence-electron chi connectivity index (χ2n) is 5.28. The van der Waals surface area contributed by atoms with Crippen molar-refractivity contribution in [2.24, 2.45) is 0 Å². The van der Waals surface area contributed by atoms with Crippen LogP contribution in [0.1, 0.15) is 38.7 Å². The van der Waals surface area contributed by atoms with Crippen LogP contribution in [-0.4, -0.2) is 24.5 Å². The molecular weight excluding hydrogens is 265 g/mol. The number of benzene rings is 1. The molecule has 1 aliphatic carbocycles. The second kappa shape index (κ2) is 5.81. The van der Waals surface area contributed by atoms with Crippen molar-refractivity contribution in [1.82, 2.24) is 4.90 Å². The molecule has 0 saturated heterocycles. The Hall–Kier alpha value is -0.240. The van der Waals surface area contributed by atoms with Crippen molar-refractivity contribution in [3.63, 3.8) is 0 Å². The van der Waals surface area contributed by atoms with Crippen molar-refractivity contribution in [2.45, 2.75) is 38.5 Å². The Bertz CT molecular complexity index is 413. The Morgan fingerprint density at radius 2 is 1.89 bits per heavy atom. The first-order chi connectivity index (χ1) is 8.61. The minimum Gasteiger partial charge on any atom is -0.303 e. The van der Waals surface area contributed by atoms with Gasteiger partial charge in [-0.2, -0.15) is 0 Å². The molecule has 0 N–H and O–H groups in total. The minimum absolute atomic E-state index is 0.333. The van der Waals surface area contributed by atoms with Crippen LogP contribution in [0.5, 0.6) is 0 Å². The summed E-state index contributed by atoms with van der Waals surface area (Å²) < 4.78 is 0. The smallest absolute Gasteiger partial charge is 0.0595 e. The Balaban J connectivity index is 2.13. The molecule has 100 valence electrons. The first-order valence-electron chi connectivity index (χ1n) is 6.79. The van der Waals surface area contributed by atoms with Crippen molar-refractivity contribution >= 4 is 23.2 Å². The lowest BCUT2D eigenvalue weighted by Crippen LogP contribution is -2.33. The zero-order valence-corrected chi connectivity index (χ0v) is 12.7. The van der Waals surface area contributed by atoms with E-state index in [1.165, 1.54) is 31.4 Å². The molecule has 1 saturated carbocycles. The van der Waals surface area contributed by atoms with Gasteiger partial charge in [0.1, 0.15) is 0 Å². The third-order valence-electron chi connectivity index (χ3n) is 3.90. The lowest BCUT2D eigenvalue weighted by molar-refractivity contribution is 0.262. The van der Waals surface area contributed by atoms with E-state index < -0.39 is 0 Å². The normalized spacial score (nSPS) is 17.2. The Kier molecular flexibility index (Phi) is 4.58. The van der Waals surface area contributed by atoms with Gasteiger partial charge >= 0.3 is 0 Å². The van der Waals surface area contributed by atoms with Crippen molar-refractivity contribution in [2.75, 3.05) is 19.6 Å². The van der Waals surface area contributed by atoms with Gasteiger partial charge in [-0.3, -0.25) is 0 Å². The fourth-order valence-electron chi connectivity index (χ4n) is 2.61. The lowest BCUT2D eigenvalue weighted by Gasteiger charge is -2.26. The van der Waals surface area contributed by atoms with Gasteiger partial charge in [-0.15, -0.1) is 0 Å². The molecular formula is C15H21Cl2N. The SMILES string of the molecule is CCCN(CC)CC1(c2ccc(Cl)c(Cl)c2)CC1. The maximum absolute atomic E-state index is 6.13. The molecule has 0 aromatic heterocycles. The highest BCUT2D eigenvalue weighted by atomic mass is 35.5. The summed E-state index contributed by atoms with van der Waals surface area (Å²) in [6, 6.07) is 6.12. The molecule has 1 aliphatic rings. The first kappa shape index (κ1) is 14.2. The maximum Gasteiger partial charge on any atom is 0.0595 e. The van der Waals surface area contributed by atoms with E-state index in [1.54, 1.807) is 0 Å². The number of hydrogen-bond acceptors (Lipinski definition) is 1. The summed E-state index contributed by atoms with van der Waals surface area (Å²) in [5.74, 6) is 0. The first-order valence-corrected chi connectivity index (χ1v) is 7.55. The van der Waals surface area contributed by atoms with Crippen LogP contribution >= 0.6 is 23.2 Å². The van der Waals surface area contributed by atoms with E-state index in [0.29, 0.717) is 15.5 Å². The van der Waals surface area contributed by atoms with Gasteiger partial charge in [0, 0.05) is 12.0 Å². The zero-order valence-electron chi connectivity index (χ0n) is 11.2. The maximum atomic E-state index is 6.13. The number of likely N-dealkylation sites (N-methyl/N-ethyl adjacent to an activating group) is 1. The van der Waals surface area contributed by atoms with Crippen molar-refractivity contribution in [1.29, 1.82) is 0 Å². The van der Waals surface area contributed by atoms with Gasteiger partial charge in [0.2, 0.25) is 0 Å². The van der Waals surface area contributed by atoms with E-state index in [-0.39, 0.29) is 0 Å². The fraction of sp³-hybridized carbons (Fsp3) is 0.600. The predicted octanol–water partition coefficient (Wildman–Crippen LogP) is 4.76. The molecule has 0 spiro atoms. The molecule has 3 heteroatoms. The van der Waals surface area contributed by atoms with Gasteiger partial charge in [0.25, 0.3) is 0 Å². The van der Waals surface area contributed by atoms with Gasteiger partial charge in [0.15, 0.2) is 0 Å². The van der Waals surface area contributed by atoms with E-state index in [0.717, 1.165) is 13.1 Å². The molecule has 0 amide bonds. The number of nitrogens with zero attached hydrogens (tertiary/aromatic N) is 1. The van der Waals surface area contributed by atoms with Crippen LogP contribution in [0.25, 0.3) is 0 Å². The average molecular weight is 286 g/mol. The molecule has 1 aromatic carbocycles. The lowest BCUT2D eigenvalue weighted by atomic mass is 9.95. The summed E-state index contributed by atoms with van der Waals surface area (Å²) >= 11 is 12.1. The molecule has 18 heavy (non-hydrogen) atoms. The molecule has 0 aliphatic heterocycles. The second-order valence-corrected chi connectivity index (χ2v) is 6.09. The standard InChI is InChI=1S/C15H21Cl2N/c1-3-9-18(4-2)11-15(7-8-15)12-5-6-13(16)14(17)10-12/h5-6,10H,3-4,7-9,11H2,1-2H3. The van der Waals surface area contributed by atoms with Crippen LogP contribution in [0.2, 0.25) is 10.0 Å². The average Bonchev–Trinajstić information content (AvgIpc) is 3.13. The van der Waals surface area contributed by atoms with Gasteiger partial charge in [0.05, 0.1) is 10.0 Å². The number of hydrogen-bond donors (Lipinski definition) is 0. The number of halogens is 2. The molecule has 0 atom stereocenters. The van der Waals surface area contributed by atoms with Gasteiger partial charge in [-0.25, -0.2) is 0 Å². The summed E-state index contributed by atoms with van der Waals surface area (Å²) in [5.41, 5.74) is 1.69. The minimum atomic E-state index is 0.333. The van der Waals surface area contributed by atoms with Crippen LogP contribution in [0.15, 0.2) is 18.2 Å². The predicted molar refractivity (Wildman–Crippen MR) is 79.8 cm³/mol. The molecule has 0 bridgehead atoms. The highest BCUT2D eigenvalue weighted by Crippen LogP contribution is 2.49. The van der Waals surface area contributed by atoms with Gasteiger partial charge < -0.3 is 4.90 Å². The van der Waals surface area contributed by atoms with E-state index in [9.17, 15) is 0 Å². The van der Waals surface area contributed by atoms with Crippen LogP contribution in [-0.2, 0) is 5.41 Å². The van der Waals surface area contributed by atoms with Gasteiger partial charge in [-0.1, -0.05) is 43.1 Å². The van der Waals surface area contributed by atoms with E-state index in [4.69, 9.17) is 23.2 Å². The quantitative estimate of drug-likeness (QED) is 0.729. The third-order valence-corrected chi connectivity index (χ3v) is 4.64. The molecule has 1 aromatic rings. The largest absolute Gasteiger partial charge is 0.303 e. The zero-order chi connectivity index (χ0) is 13.2. The van der Waals surface area contributed by atoms with Crippen molar-refractivity contribution in [3.8, 4) is 0 Å². The highest BCUT2D eigenvalue weighted by molar-refractivity contribution is 6.42. The summed E-state index contributed by atoms with van der Waals surface area (Å²) in [5, 5.41) is 1.33. The van der Waals surface area contributed by atoms with Crippen molar-refractivity contribution in [3.05, 3.63) is 33.8 Å². The van der Waals surface area contributed by atoms with E-state index in [2.05, 4.69) is 30.9 Å². The topological polar surface area (TPSA) is 3.24 Å². The molecule has 1 nitrogen and oxygen atoms in total. The Morgan fingerprint density at radius 3 is 2.39 bits per heavy atom. The fourth-order valence-corrected chi connectivity index (χ4v) is 2.91. The van der Waals surface area contributed by atoms with E-state index >= 15 is 0 Å². The summed E-state index contributed by atoms with van der Waals surface area (Å²) in [6.45, 7) is 7.92. The van der Waals surface area contributed by atoms with Gasteiger partial charge in [-0.05, 0) is 50.0 Å². The summed E-state index contributed by atoms with van der Waals surface area (Å²) in [6.07, 6.45) is 3.75. The van der Waals surface area contributed by atoms with Crippen LogP contribution in [0, 0.1) is 0 Å². The highest BCUT2D eigenvalue weighted by Gasteiger charge is 2.45. The Labute approximate surface area is 120 Å². The molecule has 2 rings (SSSR count). The van der Waals surface area contributed by atoms with Crippen LogP contribution < -0.4 is 0 Å². The van der Waals surface area contributed by atoms with E-state index in [1.807, 2.05) is 6.07 Å². The monoisotopic (exact) mass is 285 g/mol. The molecule has 0 heterocycles. The molecule has 0 radical (unpaired) electrons. The third kappa shape index (κ3) is 3.01. The van der Waals surface area contributed by atoms with Crippen LogP contribution in [0.4, 0.5) is 0 Å². The Morgan fingerprint density at radius 1 is 1.17 bits per heavy atom. The molecule has 1 fully saturated rings. The molecule has 0 unspecified atom stereocenters. The summed E-state index contributed by atoms with van der Waals surface area (Å²) in [7, 11) is 0. The number of rotatable bonds is 6. The van der Waals surface area contributed by atoms with Crippen molar-refractivity contribution < 1.29 is 0 Å².